The van der Waals surface area contributed by atoms with Crippen LogP contribution in [0.3, 0.4) is 0 Å². The monoisotopic (exact) mass is 271 g/mol. The number of imidazole rings is 1. The molecule has 0 aliphatic rings. The van der Waals surface area contributed by atoms with Crippen molar-refractivity contribution in [3.05, 3.63) is 53.1 Å². The highest BCUT2D eigenvalue weighted by molar-refractivity contribution is 5.32. The van der Waals surface area contributed by atoms with E-state index in [2.05, 4.69) is 60.9 Å². The Hall–Kier alpha value is -1.61. The number of aromatic nitrogens is 2. The molecule has 1 N–H and O–H groups in total. The third-order valence-corrected chi connectivity index (χ3v) is 3.78. The molecule has 2 rings (SSSR count). The molecule has 1 unspecified atom stereocenters. The maximum absolute atomic E-state index is 4.26. The summed E-state index contributed by atoms with van der Waals surface area (Å²) in [7, 11) is 2.06. The van der Waals surface area contributed by atoms with Crippen LogP contribution < -0.4 is 5.32 Å². The second-order valence-corrected chi connectivity index (χ2v) is 5.57. The van der Waals surface area contributed by atoms with Gasteiger partial charge in [0.2, 0.25) is 0 Å². The van der Waals surface area contributed by atoms with Crippen LogP contribution in [0.25, 0.3) is 0 Å². The molecular weight excluding hydrogens is 246 g/mol. The molecule has 0 aliphatic carbocycles. The molecule has 1 heterocycles. The standard InChI is InChI=1S/C17H25N3/c1-5-8-19-16(17-11-18-12-20(17)4)10-15-9-13(2)6-7-14(15)3/h6-7,9,11-12,16,19H,5,8,10H2,1-4H3. The highest BCUT2D eigenvalue weighted by Gasteiger charge is 2.15. The molecule has 1 atom stereocenters. The minimum absolute atomic E-state index is 0.322. The van der Waals surface area contributed by atoms with Gasteiger partial charge in [-0.3, -0.25) is 0 Å². The average molecular weight is 271 g/mol. The molecule has 0 bridgehead atoms. The first-order valence-electron chi connectivity index (χ1n) is 7.37. The van der Waals surface area contributed by atoms with E-state index in [4.69, 9.17) is 0 Å². The maximum Gasteiger partial charge on any atom is 0.0946 e. The van der Waals surface area contributed by atoms with E-state index in [1.807, 2.05) is 12.5 Å². The molecule has 3 heteroatoms. The summed E-state index contributed by atoms with van der Waals surface area (Å²) in [4.78, 5) is 4.26. The Bertz CT molecular complexity index is 557. The number of rotatable bonds is 6. The Morgan fingerprint density at radius 3 is 2.75 bits per heavy atom. The SMILES string of the molecule is CCCNC(Cc1cc(C)ccc1C)c1cncn1C. The second-order valence-electron chi connectivity index (χ2n) is 5.57. The molecular formula is C17H25N3. The smallest absolute Gasteiger partial charge is 0.0946 e. The van der Waals surface area contributed by atoms with E-state index in [9.17, 15) is 0 Å². The van der Waals surface area contributed by atoms with Crippen LogP contribution in [0.1, 0.15) is 41.8 Å². The van der Waals surface area contributed by atoms with Crippen molar-refractivity contribution in [1.82, 2.24) is 14.9 Å². The van der Waals surface area contributed by atoms with Gasteiger partial charge in [-0.1, -0.05) is 30.7 Å². The summed E-state index contributed by atoms with van der Waals surface area (Å²) in [6, 6.07) is 7.01. The fourth-order valence-electron chi connectivity index (χ4n) is 2.54. The van der Waals surface area contributed by atoms with Gasteiger partial charge in [0.15, 0.2) is 0 Å². The second kappa shape index (κ2) is 6.71. The Kier molecular flexibility index (Phi) is 4.96. The number of nitrogens with zero attached hydrogens (tertiary/aromatic N) is 2. The number of hydrogen-bond donors (Lipinski definition) is 1. The molecule has 0 fully saturated rings. The van der Waals surface area contributed by atoms with Crippen LogP contribution in [0.4, 0.5) is 0 Å². The summed E-state index contributed by atoms with van der Waals surface area (Å²) in [5, 5.41) is 3.65. The van der Waals surface area contributed by atoms with Crippen molar-refractivity contribution in [2.45, 2.75) is 39.7 Å². The fraction of sp³-hybridized carbons (Fsp3) is 0.471. The predicted octanol–water partition coefficient (Wildman–Crippen LogP) is 3.32. The zero-order valence-corrected chi connectivity index (χ0v) is 13.0. The Morgan fingerprint density at radius 2 is 2.10 bits per heavy atom. The lowest BCUT2D eigenvalue weighted by atomic mass is 9.97. The zero-order valence-electron chi connectivity index (χ0n) is 13.0. The summed E-state index contributed by atoms with van der Waals surface area (Å²) in [5.74, 6) is 0. The van der Waals surface area contributed by atoms with Gasteiger partial charge in [-0.25, -0.2) is 4.98 Å². The number of aryl methyl sites for hydroxylation is 3. The first-order chi connectivity index (χ1) is 9.61. The number of hydrogen-bond acceptors (Lipinski definition) is 2. The topological polar surface area (TPSA) is 29.9 Å². The van der Waals surface area contributed by atoms with E-state index >= 15 is 0 Å². The molecule has 3 nitrogen and oxygen atoms in total. The molecule has 20 heavy (non-hydrogen) atoms. The van der Waals surface area contributed by atoms with Crippen LogP contribution >= 0.6 is 0 Å². The molecule has 0 saturated heterocycles. The van der Waals surface area contributed by atoms with Crippen molar-refractivity contribution in [2.75, 3.05) is 6.54 Å². The van der Waals surface area contributed by atoms with Gasteiger partial charge in [-0.05, 0) is 44.4 Å². The van der Waals surface area contributed by atoms with E-state index < -0.39 is 0 Å². The van der Waals surface area contributed by atoms with Crippen molar-refractivity contribution in [3.8, 4) is 0 Å². The minimum atomic E-state index is 0.322. The predicted molar refractivity (Wildman–Crippen MR) is 83.9 cm³/mol. The summed E-state index contributed by atoms with van der Waals surface area (Å²) in [6.07, 6.45) is 5.99. The van der Waals surface area contributed by atoms with Crippen LogP contribution in [0.5, 0.6) is 0 Å². The van der Waals surface area contributed by atoms with E-state index in [0.29, 0.717) is 6.04 Å². The molecule has 0 radical (unpaired) electrons. The summed E-state index contributed by atoms with van der Waals surface area (Å²) in [5.41, 5.74) is 5.35. The van der Waals surface area contributed by atoms with Crippen LogP contribution in [-0.4, -0.2) is 16.1 Å². The van der Waals surface area contributed by atoms with Gasteiger partial charge >= 0.3 is 0 Å². The van der Waals surface area contributed by atoms with E-state index in [-0.39, 0.29) is 0 Å². The largest absolute Gasteiger partial charge is 0.336 e. The third-order valence-electron chi connectivity index (χ3n) is 3.78. The number of nitrogens with one attached hydrogen (secondary N) is 1. The van der Waals surface area contributed by atoms with Crippen LogP contribution in [-0.2, 0) is 13.5 Å². The van der Waals surface area contributed by atoms with Crippen molar-refractivity contribution in [2.24, 2.45) is 7.05 Å². The highest BCUT2D eigenvalue weighted by Crippen LogP contribution is 2.21. The lowest BCUT2D eigenvalue weighted by Gasteiger charge is -2.20. The van der Waals surface area contributed by atoms with Crippen LogP contribution in [0.15, 0.2) is 30.7 Å². The van der Waals surface area contributed by atoms with Gasteiger partial charge in [-0.2, -0.15) is 0 Å². The normalized spacial score (nSPS) is 12.6. The van der Waals surface area contributed by atoms with Gasteiger partial charge in [0.05, 0.1) is 18.1 Å². The molecule has 0 saturated carbocycles. The molecule has 0 amide bonds. The van der Waals surface area contributed by atoms with Crippen LogP contribution in [0, 0.1) is 13.8 Å². The maximum atomic E-state index is 4.26. The van der Waals surface area contributed by atoms with Gasteiger partial charge in [-0.15, -0.1) is 0 Å². The summed E-state index contributed by atoms with van der Waals surface area (Å²) in [6.45, 7) is 7.57. The number of benzene rings is 1. The molecule has 108 valence electrons. The van der Waals surface area contributed by atoms with Gasteiger partial charge in [0, 0.05) is 13.2 Å². The van der Waals surface area contributed by atoms with Gasteiger partial charge in [0.1, 0.15) is 0 Å². The average Bonchev–Trinajstić information content (AvgIpc) is 2.84. The molecule has 1 aromatic carbocycles. The quantitative estimate of drug-likeness (QED) is 0.873. The lowest BCUT2D eigenvalue weighted by Crippen LogP contribution is -2.26. The Morgan fingerprint density at radius 1 is 1.30 bits per heavy atom. The van der Waals surface area contributed by atoms with E-state index in [1.165, 1.54) is 22.4 Å². The highest BCUT2D eigenvalue weighted by atomic mass is 15.1. The van der Waals surface area contributed by atoms with E-state index in [0.717, 1.165) is 19.4 Å². The summed E-state index contributed by atoms with van der Waals surface area (Å²) >= 11 is 0. The zero-order chi connectivity index (χ0) is 14.5. The van der Waals surface area contributed by atoms with Crippen LogP contribution in [0.2, 0.25) is 0 Å². The minimum Gasteiger partial charge on any atom is -0.336 e. The summed E-state index contributed by atoms with van der Waals surface area (Å²) < 4.78 is 2.11. The molecule has 2 aromatic rings. The molecule has 0 aliphatic heterocycles. The van der Waals surface area contributed by atoms with Crippen molar-refractivity contribution >= 4 is 0 Å². The first kappa shape index (κ1) is 14.8. The molecule has 1 aromatic heterocycles. The van der Waals surface area contributed by atoms with Crippen molar-refractivity contribution < 1.29 is 0 Å². The Labute approximate surface area is 122 Å². The van der Waals surface area contributed by atoms with E-state index in [1.54, 1.807) is 0 Å². The van der Waals surface area contributed by atoms with Crippen molar-refractivity contribution in [1.29, 1.82) is 0 Å². The van der Waals surface area contributed by atoms with Gasteiger partial charge in [0.25, 0.3) is 0 Å². The van der Waals surface area contributed by atoms with Crippen molar-refractivity contribution in [3.63, 3.8) is 0 Å². The lowest BCUT2D eigenvalue weighted by molar-refractivity contribution is 0.503. The fourth-order valence-corrected chi connectivity index (χ4v) is 2.54. The van der Waals surface area contributed by atoms with Gasteiger partial charge < -0.3 is 9.88 Å². The Balaban J connectivity index is 2.23. The first-order valence-corrected chi connectivity index (χ1v) is 7.37. The molecule has 0 spiro atoms. The third kappa shape index (κ3) is 3.48.